The van der Waals surface area contributed by atoms with Crippen LogP contribution in [-0.4, -0.2) is 32.1 Å². The molecule has 1 aromatic rings. The molecule has 6 nitrogen and oxygen atoms in total. The number of ketones is 1. The van der Waals surface area contributed by atoms with Crippen LogP contribution in [0.1, 0.15) is 56.4 Å². The van der Waals surface area contributed by atoms with Gasteiger partial charge in [0.25, 0.3) is 0 Å². The number of nitriles is 1. The average Bonchev–Trinajstić information content (AvgIpc) is 3.20. The third-order valence-corrected chi connectivity index (χ3v) is 5.76. The molecule has 2 fully saturated rings. The zero-order chi connectivity index (χ0) is 19.4. The number of esters is 1. The summed E-state index contributed by atoms with van der Waals surface area (Å²) < 4.78 is 16.3. The number of carbonyl (C=O) groups is 2. The van der Waals surface area contributed by atoms with E-state index < -0.39 is 11.4 Å². The second kappa shape index (κ2) is 7.99. The first-order chi connectivity index (χ1) is 13.0. The van der Waals surface area contributed by atoms with Crippen molar-refractivity contribution >= 4 is 11.8 Å². The third-order valence-electron chi connectivity index (χ3n) is 5.76. The highest BCUT2D eigenvalue weighted by Crippen LogP contribution is 2.43. The number of hydrogen-bond acceptors (Lipinski definition) is 6. The van der Waals surface area contributed by atoms with Gasteiger partial charge in [0.2, 0.25) is 5.41 Å². The standard InChI is InChI=1S/C21H25NO5/c1-25-17-8-7-14(11-18(17)27-16-5-3-4-6-16)15-9-10-21(13-22,19(23)12-15)20(24)26-2/h7-8,11,15-16H,3-6,9-10,12H2,1-2H3. The zero-order valence-corrected chi connectivity index (χ0v) is 15.8. The lowest BCUT2D eigenvalue weighted by atomic mass is 9.68. The first-order valence-corrected chi connectivity index (χ1v) is 9.41. The van der Waals surface area contributed by atoms with Gasteiger partial charge in [-0.2, -0.15) is 5.26 Å². The Hall–Kier alpha value is -2.55. The Bertz CT molecular complexity index is 762. The normalized spacial score (nSPS) is 25.7. The summed E-state index contributed by atoms with van der Waals surface area (Å²) >= 11 is 0. The van der Waals surface area contributed by atoms with Crippen molar-refractivity contribution in [2.24, 2.45) is 5.41 Å². The van der Waals surface area contributed by atoms with Gasteiger partial charge in [-0.15, -0.1) is 0 Å². The number of nitrogens with zero attached hydrogens (tertiary/aromatic N) is 1. The summed E-state index contributed by atoms with van der Waals surface area (Å²) in [6, 6.07) is 7.62. The summed E-state index contributed by atoms with van der Waals surface area (Å²) in [5.74, 6) is 0.184. The van der Waals surface area contributed by atoms with E-state index in [2.05, 4.69) is 0 Å². The van der Waals surface area contributed by atoms with Crippen LogP contribution in [0.4, 0.5) is 0 Å². The fourth-order valence-electron chi connectivity index (χ4n) is 4.09. The lowest BCUT2D eigenvalue weighted by Gasteiger charge is -2.31. The van der Waals surface area contributed by atoms with Crippen molar-refractivity contribution in [1.82, 2.24) is 0 Å². The molecule has 2 saturated carbocycles. The van der Waals surface area contributed by atoms with Crippen molar-refractivity contribution in [2.75, 3.05) is 14.2 Å². The van der Waals surface area contributed by atoms with E-state index in [1.807, 2.05) is 24.3 Å². The molecule has 27 heavy (non-hydrogen) atoms. The lowest BCUT2D eigenvalue weighted by Crippen LogP contribution is -2.43. The summed E-state index contributed by atoms with van der Waals surface area (Å²) in [5.41, 5.74) is -0.700. The second-order valence-corrected chi connectivity index (χ2v) is 7.31. The Morgan fingerprint density at radius 3 is 2.52 bits per heavy atom. The molecule has 2 unspecified atom stereocenters. The van der Waals surface area contributed by atoms with Crippen LogP contribution >= 0.6 is 0 Å². The van der Waals surface area contributed by atoms with E-state index in [1.54, 1.807) is 7.11 Å². The minimum atomic E-state index is -1.67. The Morgan fingerprint density at radius 1 is 1.19 bits per heavy atom. The number of carbonyl (C=O) groups excluding carboxylic acids is 2. The molecule has 0 radical (unpaired) electrons. The lowest BCUT2D eigenvalue weighted by molar-refractivity contribution is -0.156. The number of methoxy groups -OCH3 is 2. The molecular weight excluding hydrogens is 346 g/mol. The van der Waals surface area contributed by atoms with Crippen LogP contribution < -0.4 is 9.47 Å². The predicted octanol–water partition coefficient (Wildman–Crippen LogP) is 3.54. The van der Waals surface area contributed by atoms with Crippen LogP contribution in [0.2, 0.25) is 0 Å². The van der Waals surface area contributed by atoms with Gasteiger partial charge in [-0.25, -0.2) is 4.79 Å². The Kier molecular flexibility index (Phi) is 5.69. The maximum Gasteiger partial charge on any atom is 0.333 e. The molecule has 3 rings (SSSR count). The molecule has 144 valence electrons. The molecule has 6 heteroatoms. The van der Waals surface area contributed by atoms with Gasteiger partial charge in [-0.05, 0) is 62.1 Å². The Balaban J connectivity index is 1.80. The van der Waals surface area contributed by atoms with Gasteiger partial charge >= 0.3 is 5.97 Å². The van der Waals surface area contributed by atoms with Crippen LogP contribution in [0.15, 0.2) is 18.2 Å². The maximum absolute atomic E-state index is 12.6. The average molecular weight is 371 g/mol. The van der Waals surface area contributed by atoms with Crippen LogP contribution in [0, 0.1) is 16.7 Å². The first-order valence-electron chi connectivity index (χ1n) is 9.41. The van der Waals surface area contributed by atoms with Crippen molar-refractivity contribution in [1.29, 1.82) is 5.26 Å². The molecule has 2 aliphatic carbocycles. The van der Waals surface area contributed by atoms with Crippen molar-refractivity contribution in [3.63, 3.8) is 0 Å². The van der Waals surface area contributed by atoms with Gasteiger partial charge in [0, 0.05) is 6.42 Å². The molecule has 0 bridgehead atoms. The molecular formula is C21H25NO5. The van der Waals surface area contributed by atoms with Crippen molar-refractivity contribution < 1.29 is 23.8 Å². The second-order valence-electron chi connectivity index (χ2n) is 7.31. The van der Waals surface area contributed by atoms with Gasteiger partial charge in [0.05, 0.1) is 26.4 Å². The topological polar surface area (TPSA) is 85.6 Å². The molecule has 0 N–H and O–H groups in total. The van der Waals surface area contributed by atoms with Gasteiger partial charge < -0.3 is 14.2 Å². The molecule has 0 heterocycles. The van der Waals surface area contributed by atoms with Gasteiger partial charge in [0.1, 0.15) is 0 Å². The largest absolute Gasteiger partial charge is 0.493 e. The molecule has 2 aliphatic rings. The minimum absolute atomic E-state index is 0.0551. The molecule has 0 amide bonds. The summed E-state index contributed by atoms with van der Waals surface area (Å²) in [5, 5.41) is 9.43. The van der Waals surface area contributed by atoms with E-state index in [1.165, 1.54) is 20.0 Å². The monoisotopic (exact) mass is 371 g/mol. The summed E-state index contributed by atoms with van der Waals surface area (Å²) in [7, 11) is 2.81. The molecule has 1 aromatic carbocycles. The summed E-state index contributed by atoms with van der Waals surface area (Å²) in [6.45, 7) is 0. The first kappa shape index (κ1) is 19.2. The maximum atomic E-state index is 12.6. The Morgan fingerprint density at radius 2 is 1.93 bits per heavy atom. The minimum Gasteiger partial charge on any atom is -0.493 e. The number of rotatable bonds is 5. The van der Waals surface area contributed by atoms with Crippen molar-refractivity contribution in [3.05, 3.63) is 23.8 Å². The quantitative estimate of drug-likeness (QED) is 0.581. The van der Waals surface area contributed by atoms with Crippen molar-refractivity contribution in [3.8, 4) is 17.6 Å². The van der Waals surface area contributed by atoms with E-state index in [9.17, 15) is 14.9 Å². The van der Waals surface area contributed by atoms with E-state index in [0.29, 0.717) is 17.9 Å². The highest BCUT2D eigenvalue weighted by atomic mass is 16.5. The molecule has 0 aromatic heterocycles. The van der Waals surface area contributed by atoms with E-state index in [-0.39, 0.29) is 30.6 Å². The predicted molar refractivity (Wildman–Crippen MR) is 97.5 cm³/mol. The number of Topliss-reactive ketones (excluding diaryl/α,β-unsaturated/α-hetero) is 1. The van der Waals surface area contributed by atoms with Gasteiger partial charge in [0.15, 0.2) is 17.3 Å². The highest BCUT2D eigenvalue weighted by molar-refractivity contribution is 6.07. The van der Waals surface area contributed by atoms with Crippen LogP contribution in [0.25, 0.3) is 0 Å². The number of ether oxygens (including phenoxy) is 3. The van der Waals surface area contributed by atoms with E-state index >= 15 is 0 Å². The SMILES string of the molecule is COC(=O)C1(C#N)CCC(c2ccc(OC)c(OC3CCCC3)c2)CC1=O. The van der Waals surface area contributed by atoms with E-state index in [4.69, 9.17) is 14.2 Å². The molecule has 0 spiro atoms. The summed E-state index contributed by atoms with van der Waals surface area (Å²) in [4.78, 5) is 24.6. The summed E-state index contributed by atoms with van der Waals surface area (Å²) in [6.07, 6.45) is 5.50. The Labute approximate surface area is 159 Å². The molecule has 2 atom stereocenters. The van der Waals surface area contributed by atoms with Gasteiger partial charge in [-0.1, -0.05) is 6.07 Å². The smallest absolute Gasteiger partial charge is 0.333 e. The molecule has 0 aliphatic heterocycles. The highest BCUT2D eigenvalue weighted by Gasteiger charge is 2.50. The zero-order valence-electron chi connectivity index (χ0n) is 15.8. The van der Waals surface area contributed by atoms with E-state index in [0.717, 1.165) is 18.4 Å². The fraction of sp³-hybridized carbons (Fsp3) is 0.571. The van der Waals surface area contributed by atoms with Crippen molar-refractivity contribution in [2.45, 2.75) is 57.0 Å². The van der Waals surface area contributed by atoms with Crippen LogP contribution in [0.3, 0.4) is 0 Å². The third kappa shape index (κ3) is 3.64. The van der Waals surface area contributed by atoms with Crippen LogP contribution in [-0.2, 0) is 14.3 Å². The number of hydrogen-bond donors (Lipinski definition) is 0. The van der Waals surface area contributed by atoms with Gasteiger partial charge in [-0.3, -0.25) is 4.79 Å². The fourth-order valence-corrected chi connectivity index (χ4v) is 4.09. The number of benzene rings is 1. The van der Waals surface area contributed by atoms with Crippen LogP contribution in [0.5, 0.6) is 11.5 Å². The molecule has 0 saturated heterocycles.